The minimum absolute atomic E-state index is 0.248. The molecule has 0 aliphatic heterocycles. The zero-order valence-corrected chi connectivity index (χ0v) is 6.79. The van der Waals surface area contributed by atoms with E-state index in [4.69, 9.17) is 5.53 Å². The van der Waals surface area contributed by atoms with E-state index < -0.39 is 11.2 Å². The van der Waals surface area contributed by atoms with Gasteiger partial charge in [0.05, 0.1) is 5.41 Å². The summed E-state index contributed by atoms with van der Waals surface area (Å²) in [4.78, 5) is 24.4. The van der Waals surface area contributed by atoms with Crippen molar-refractivity contribution in [2.45, 2.75) is 20.8 Å². The monoisotopic (exact) mass is 154 g/mol. The molecule has 0 aromatic rings. The smallest absolute Gasteiger partial charge is 0.324 e. The summed E-state index contributed by atoms with van der Waals surface area (Å²) in [7, 11) is 0. The van der Waals surface area contributed by atoms with Gasteiger partial charge >= 0.3 is 6.21 Å². The molecule has 0 saturated heterocycles. The van der Waals surface area contributed by atoms with E-state index in [-0.39, 0.29) is 5.78 Å². The molecule has 4 heteroatoms. The first-order valence-electron chi connectivity index (χ1n) is 3.16. The second-order valence-electron chi connectivity index (χ2n) is 2.79. The molecule has 0 atom stereocenters. The van der Waals surface area contributed by atoms with Crippen LogP contribution in [0.1, 0.15) is 20.8 Å². The van der Waals surface area contributed by atoms with Gasteiger partial charge in [0.15, 0.2) is 0 Å². The molecule has 0 fully saturated rings. The highest BCUT2D eigenvalue weighted by atomic mass is 16.2. The van der Waals surface area contributed by atoms with Gasteiger partial charge < -0.3 is 5.53 Å². The van der Waals surface area contributed by atoms with Crippen LogP contribution in [-0.2, 0) is 9.59 Å². The van der Waals surface area contributed by atoms with Gasteiger partial charge in [-0.25, -0.2) is 0 Å². The summed E-state index contributed by atoms with van der Waals surface area (Å²) in [5.41, 5.74) is 6.94. The minimum atomic E-state index is -1.08. The SMILES string of the molecule is CC(=O)C(C)(C)C(=O)C=[N+]=[N-]. The van der Waals surface area contributed by atoms with Crippen LogP contribution in [0.3, 0.4) is 0 Å². The summed E-state index contributed by atoms with van der Waals surface area (Å²) in [6.45, 7) is 4.29. The quantitative estimate of drug-likeness (QED) is 0.256. The van der Waals surface area contributed by atoms with Crippen molar-refractivity contribution in [3.8, 4) is 0 Å². The van der Waals surface area contributed by atoms with Crippen molar-refractivity contribution in [1.82, 2.24) is 0 Å². The third-order valence-corrected chi connectivity index (χ3v) is 1.67. The molecule has 0 N–H and O–H groups in total. The number of carbonyl (C=O) groups is 2. The third-order valence-electron chi connectivity index (χ3n) is 1.67. The van der Waals surface area contributed by atoms with Crippen molar-refractivity contribution >= 4 is 17.8 Å². The Bertz CT molecular complexity index is 237. The molecule has 0 aromatic carbocycles. The maximum Gasteiger partial charge on any atom is 0.324 e. The molecule has 0 heterocycles. The number of nitrogens with zero attached hydrogens (tertiary/aromatic N) is 2. The fourth-order valence-electron chi connectivity index (χ4n) is 0.387. The largest absolute Gasteiger partial charge is 0.361 e. The molecule has 0 aliphatic carbocycles. The summed E-state index contributed by atoms with van der Waals surface area (Å²) in [6, 6.07) is 0. The lowest BCUT2D eigenvalue weighted by Gasteiger charge is -2.13. The normalized spacial score (nSPS) is 10.1. The highest BCUT2D eigenvalue weighted by Crippen LogP contribution is 2.15. The number of Topliss-reactive ketones (excluding diaryl/α,β-unsaturated/α-hetero) is 2. The predicted molar refractivity (Wildman–Crippen MR) is 39.2 cm³/mol. The van der Waals surface area contributed by atoms with E-state index in [1.54, 1.807) is 0 Å². The molecule has 0 bridgehead atoms. The van der Waals surface area contributed by atoms with E-state index in [1.807, 2.05) is 0 Å². The molecule has 0 aliphatic rings. The first kappa shape index (κ1) is 9.72. The maximum absolute atomic E-state index is 11.0. The van der Waals surface area contributed by atoms with Gasteiger partial charge in [0.1, 0.15) is 5.78 Å². The van der Waals surface area contributed by atoms with Crippen LogP contribution in [0.4, 0.5) is 0 Å². The van der Waals surface area contributed by atoms with E-state index in [0.29, 0.717) is 0 Å². The summed E-state index contributed by atoms with van der Waals surface area (Å²) in [5.74, 6) is -0.741. The van der Waals surface area contributed by atoms with Crippen LogP contribution in [-0.4, -0.2) is 22.6 Å². The molecule has 60 valence electrons. The molecule has 0 amide bonds. The average Bonchev–Trinajstić information content (AvgIpc) is 1.88. The van der Waals surface area contributed by atoms with Crippen molar-refractivity contribution in [1.29, 1.82) is 0 Å². The van der Waals surface area contributed by atoms with E-state index >= 15 is 0 Å². The van der Waals surface area contributed by atoms with E-state index in [1.165, 1.54) is 20.8 Å². The number of ketones is 2. The van der Waals surface area contributed by atoms with E-state index in [2.05, 4.69) is 4.79 Å². The third kappa shape index (κ3) is 2.09. The number of rotatable bonds is 3. The van der Waals surface area contributed by atoms with E-state index in [9.17, 15) is 9.59 Å². The Balaban J connectivity index is 4.69. The molecule has 0 rings (SSSR count). The maximum atomic E-state index is 11.0. The molecular formula is C7H10N2O2. The first-order chi connectivity index (χ1) is 4.92. The average molecular weight is 154 g/mol. The Morgan fingerprint density at radius 3 is 2.18 bits per heavy atom. The lowest BCUT2D eigenvalue weighted by atomic mass is 9.85. The van der Waals surface area contributed by atoms with Crippen molar-refractivity contribution in [3.05, 3.63) is 5.53 Å². The molecule has 0 radical (unpaired) electrons. The fraction of sp³-hybridized carbons (Fsp3) is 0.571. The van der Waals surface area contributed by atoms with Gasteiger partial charge in [0, 0.05) is 0 Å². The van der Waals surface area contributed by atoms with Gasteiger partial charge in [0.25, 0.3) is 0 Å². The molecule has 0 aromatic heterocycles. The Kier molecular flexibility index (Phi) is 2.84. The van der Waals surface area contributed by atoms with Gasteiger partial charge in [-0.05, 0) is 20.8 Å². The van der Waals surface area contributed by atoms with Crippen molar-refractivity contribution in [3.63, 3.8) is 0 Å². The van der Waals surface area contributed by atoms with Gasteiger partial charge in [-0.3, -0.25) is 9.59 Å². The van der Waals surface area contributed by atoms with Crippen molar-refractivity contribution in [2.24, 2.45) is 5.41 Å². The predicted octanol–water partition coefficient (Wildman–Crippen LogP) is 0.471. The second-order valence-corrected chi connectivity index (χ2v) is 2.79. The lowest BCUT2D eigenvalue weighted by Crippen LogP contribution is -2.32. The van der Waals surface area contributed by atoms with Crippen LogP contribution in [0.25, 0.3) is 5.53 Å². The second kappa shape index (κ2) is 3.21. The van der Waals surface area contributed by atoms with Gasteiger partial charge in [-0.1, -0.05) is 0 Å². The Hall–Kier alpha value is -1.28. The summed E-state index contributed by atoms with van der Waals surface area (Å²) >= 11 is 0. The summed E-state index contributed by atoms with van der Waals surface area (Å²) < 4.78 is 0. The Morgan fingerprint density at radius 1 is 1.45 bits per heavy atom. The topological polar surface area (TPSA) is 70.5 Å². The number of hydrogen-bond donors (Lipinski definition) is 0. The highest BCUT2D eigenvalue weighted by molar-refractivity contribution is 6.33. The zero-order valence-electron chi connectivity index (χ0n) is 6.79. The minimum Gasteiger partial charge on any atom is -0.361 e. The molecular weight excluding hydrogens is 144 g/mol. The molecule has 4 nitrogen and oxygen atoms in total. The van der Waals surface area contributed by atoms with Crippen LogP contribution < -0.4 is 0 Å². The molecule has 11 heavy (non-hydrogen) atoms. The summed E-state index contributed by atoms with van der Waals surface area (Å²) in [6.07, 6.45) is 0.737. The Labute approximate surface area is 64.8 Å². The van der Waals surface area contributed by atoms with Gasteiger partial charge in [-0.2, -0.15) is 4.79 Å². The standard InChI is InChI=1S/C7H10N2O2/c1-5(10)7(2,3)6(11)4-9-8/h4H,1-3H3. The van der Waals surface area contributed by atoms with Crippen LogP contribution in [0.5, 0.6) is 0 Å². The Morgan fingerprint density at radius 2 is 1.91 bits per heavy atom. The zero-order chi connectivity index (χ0) is 9.07. The van der Waals surface area contributed by atoms with Crippen LogP contribution >= 0.6 is 0 Å². The van der Waals surface area contributed by atoms with E-state index in [0.717, 1.165) is 6.21 Å². The summed E-state index contributed by atoms with van der Waals surface area (Å²) in [5, 5.41) is 0. The first-order valence-corrected chi connectivity index (χ1v) is 3.16. The fourth-order valence-corrected chi connectivity index (χ4v) is 0.387. The van der Waals surface area contributed by atoms with Crippen molar-refractivity contribution in [2.75, 3.05) is 0 Å². The van der Waals surface area contributed by atoms with Crippen LogP contribution in [0, 0.1) is 5.41 Å². The number of carbonyl (C=O) groups excluding carboxylic acids is 2. The van der Waals surface area contributed by atoms with Crippen molar-refractivity contribution < 1.29 is 14.4 Å². The lowest BCUT2D eigenvalue weighted by molar-refractivity contribution is -0.135. The molecule has 0 saturated carbocycles. The number of hydrogen-bond acceptors (Lipinski definition) is 2. The van der Waals surface area contributed by atoms with Gasteiger partial charge in [0.2, 0.25) is 5.78 Å². The molecule has 0 spiro atoms. The van der Waals surface area contributed by atoms with Crippen LogP contribution in [0.15, 0.2) is 0 Å². The van der Waals surface area contributed by atoms with Gasteiger partial charge in [-0.15, -0.1) is 0 Å². The van der Waals surface area contributed by atoms with Crippen LogP contribution in [0.2, 0.25) is 0 Å². The molecule has 0 unspecified atom stereocenters. The highest BCUT2D eigenvalue weighted by Gasteiger charge is 2.33.